The van der Waals surface area contributed by atoms with Crippen LogP contribution in [0.4, 0.5) is 5.69 Å². The Hall–Kier alpha value is -2.96. The standard InChI is InChI=1S/C28H27BrN4S/c1-4-20-8-12-22(13-9-20)32-18(2)17-24(19(32)3)27-26(25-7-5-6-16-30-25)31-28(34)33(27)23-14-10-21(29)11-15-23/h5-17,26-27H,4H2,1-3H3,(H,31,34)/t26-,27+/m0/s1. The summed E-state index contributed by atoms with van der Waals surface area (Å²) in [5.41, 5.74) is 8.20. The normalized spacial score (nSPS) is 17.8. The molecule has 1 N–H and O–H groups in total. The molecule has 4 aromatic rings. The molecule has 0 bridgehead atoms. The summed E-state index contributed by atoms with van der Waals surface area (Å²) >= 11 is 9.44. The first-order valence-corrected chi connectivity index (χ1v) is 12.7. The lowest BCUT2D eigenvalue weighted by Gasteiger charge is -2.28. The number of rotatable bonds is 5. The van der Waals surface area contributed by atoms with Crippen LogP contribution in [-0.4, -0.2) is 14.7 Å². The van der Waals surface area contributed by atoms with Crippen molar-refractivity contribution in [1.82, 2.24) is 14.9 Å². The molecule has 5 rings (SSSR count). The second-order valence-corrected chi connectivity index (χ2v) is 9.96. The van der Waals surface area contributed by atoms with Gasteiger partial charge in [-0.2, -0.15) is 0 Å². The molecule has 34 heavy (non-hydrogen) atoms. The smallest absolute Gasteiger partial charge is 0.174 e. The number of thiocarbonyl (C=S) groups is 1. The molecule has 172 valence electrons. The van der Waals surface area contributed by atoms with Crippen LogP contribution in [0, 0.1) is 13.8 Å². The Labute approximate surface area is 214 Å². The van der Waals surface area contributed by atoms with E-state index in [0.717, 1.165) is 22.3 Å². The molecule has 3 heterocycles. The number of pyridine rings is 1. The van der Waals surface area contributed by atoms with E-state index in [-0.39, 0.29) is 12.1 Å². The average Bonchev–Trinajstić information content (AvgIpc) is 3.35. The predicted octanol–water partition coefficient (Wildman–Crippen LogP) is 6.99. The number of benzene rings is 2. The maximum atomic E-state index is 5.88. The maximum Gasteiger partial charge on any atom is 0.174 e. The van der Waals surface area contributed by atoms with Gasteiger partial charge >= 0.3 is 0 Å². The topological polar surface area (TPSA) is 33.1 Å². The minimum absolute atomic E-state index is 0.0292. The largest absolute Gasteiger partial charge is 0.351 e. The van der Waals surface area contributed by atoms with E-state index in [1.165, 1.54) is 28.2 Å². The van der Waals surface area contributed by atoms with Gasteiger partial charge in [0, 0.05) is 33.4 Å². The van der Waals surface area contributed by atoms with Crippen LogP contribution >= 0.6 is 28.1 Å². The highest BCUT2D eigenvalue weighted by Gasteiger charge is 2.42. The van der Waals surface area contributed by atoms with Crippen LogP contribution < -0.4 is 10.2 Å². The van der Waals surface area contributed by atoms with Gasteiger partial charge in [-0.3, -0.25) is 4.98 Å². The van der Waals surface area contributed by atoms with Gasteiger partial charge in [0.25, 0.3) is 0 Å². The second kappa shape index (κ2) is 9.35. The third-order valence-corrected chi connectivity index (χ3v) is 7.44. The van der Waals surface area contributed by atoms with Gasteiger partial charge in [0.1, 0.15) is 0 Å². The zero-order valence-electron chi connectivity index (χ0n) is 19.5. The van der Waals surface area contributed by atoms with E-state index in [4.69, 9.17) is 12.2 Å². The molecule has 2 aromatic heterocycles. The number of anilines is 1. The van der Waals surface area contributed by atoms with Crippen molar-refractivity contribution in [3.05, 3.63) is 112 Å². The monoisotopic (exact) mass is 530 g/mol. The number of hydrogen-bond acceptors (Lipinski definition) is 2. The van der Waals surface area contributed by atoms with Crippen molar-refractivity contribution in [1.29, 1.82) is 0 Å². The Bertz CT molecular complexity index is 1310. The van der Waals surface area contributed by atoms with Crippen molar-refractivity contribution in [3.8, 4) is 5.69 Å². The Morgan fingerprint density at radius 3 is 2.32 bits per heavy atom. The Kier molecular flexibility index (Phi) is 6.28. The van der Waals surface area contributed by atoms with Crippen molar-refractivity contribution >= 4 is 38.9 Å². The molecule has 0 amide bonds. The fraction of sp³-hybridized carbons (Fsp3) is 0.214. The van der Waals surface area contributed by atoms with Crippen LogP contribution in [0.5, 0.6) is 0 Å². The molecule has 1 aliphatic rings. The van der Waals surface area contributed by atoms with Crippen LogP contribution in [0.2, 0.25) is 0 Å². The maximum absolute atomic E-state index is 5.88. The second-order valence-electron chi connectivity index (χ2n) is 8.65. The van der Waals surface area contributed by atoms with E-state index < -0.39 is 0 Å². The Morgan fingerprint density at radius 1 is 0.971 bits per heavy atom. The van der Waals surface area contributed by atoms with E-state index in [2.05, 4.69) is 117 Å². The average molecular weight is 532 g/mol. The number of hydrogen-bond donors (Lipinski definition) is 1. The lowest BCUT2D eigenvalue weighted by Crippen LogP contribution is -2.29. The first-order valence-electron chi connectivity index (χ1n) is 11.5. The van der Waals surface area contributed by atoms with Crippen molar-refractivity contribution in [2.45, 2.75) is 39.3 Å². The first-order chi connectivity index (χ1) is 16.5. The fourth-order valence-electron chi connectivity index (χ4n) is 4.92. The van der Waals surface area contributed by atoms with Gasteiger partial charge in [-0.25, -0.2) is 0 Å². The number of halogens is 1. The lowest BCUT2D eigenvalue weighted by molar-refractivity contribution is 0.565. The van der Waals surface area contributed by atoms with Crippen molar-refractivity contribution in [2.75, 3.05) is 4.90 Å². The van der Waals surface area contributed by atoms with Gasteiger partial charge < -0.3 is 14.8 Å². The molecule has 4 nitrogen and oxygen atoms in total. The highest BCUT2D eigenvalue weighted by Crippen LogP contribution is 2.43. The van der Waals surface area contributed by atoms with Crippen LogP contribution in [0.3, 0.4) is 0 Å². The van der Waals surface area contributed by atoms with Gasteiger partial charge in [-0.15, -0.1) is 0 Å². The van der Waals surface area contributed by atoms with Gasteiger partial charge in [-0.1, -0.05) is 41.1 Å². The fourth-order valence-corrected chi connectivity index (χ4v) is 5.53. The van der Waals surface area contributed by atoms with E-state index in [9.17, 15) is 0 Å². The van der Waals surface area contributed by atoms with Crippen molar-refractivity contribution in [2.24, 2.45) is 0 Å². The highest BCUT2D eigenvalue weighted by molar-refractivity contribution is 9.10. The molecule has 1 saturated heterocycles. The number of nitrogens with zero attached hydrogens (tertiary/aromatic N) is 3. The molecule has 2 aromatic carbocycles. The first kappa shape index (κ1) is 22.8. The molecule has 1 fully saturated rings. The number of aryl methyl sites for hydroxylation is 2. The summed E-state index contributed by atoms with van der Waals surface area (Å²) in [6, 6.07) is 25.4. The highest BCUT2D eigenvalue weighted by atomic mass is 79.9. The Balaban J connectivity index is 1.65. The number of aromatic nitrogens is 2. The third kappa shape index (κ3) is 4.05. The minimum Gasteiger partial charge on any atom is -0.351 e. The zero-order chi connectivity index (χ0) is 23.8. The molecular formula is C28H27BrN4S. The Morgan fingerprint density at radius 2 is 1.68 bits per heavy atom. The summed E-state index contributed by atoms with van der Waals surface area (Å²) < 4.78 is 3.38. The SMILES string of the molecule is CCc1ccc(-n2c(C)cc([C@@H]3[C@H](c4ccccn4)NC(=S)N3c3ccc(Br)cc3)c2C)cc1. The van der Waals surface area contributed by atoms with Crippen LogP contribution in [0.15, 0.2) is 83.5 Å². The van der Waals surface area contributed by atoms with E-state index >= 15 is 0 Å². The summed E-state index contributed by atoms with van der Waals surface area (Å²) in [6.07, 6.45) is 2.88. The third-order valence-electron chi connectivity index (χ3n) is 6.59. The van der Waals surface area contributed by atoms with Crippen LogP contribution in [0.25, 0.3) is 5.69 Å². The van der Waals surface area contributed by atoms with E-state index in [1.54, 1.807) is 0 Å². The van der Waals surface area contributed by atoms with E-state index in [0.29, 0.717) is 5.11 Å². The lowest BCUT2D eigenvalue weighted by atomic mass is 9.96. The quantitative estimate of drug-likeness (QED) is 0.282. The summed E-state index contributed by atoms with van der Waals surface area (Å²) in [4.78, 5) is 6.92. The van der Waals surface area contributed by atoms with Gasteiger partial charge in [0.2, 0.25) is 0 Å². The minimum atomic E-state index is -0.0613. The molecule has 0 aliphatic carbocycles. The summed E-state index contributed by atoms with van der Waals surface area (Å²) in [5.74, 6) is 0. The summed E-state index contributed by atoms with van der Waals surface area (Å²) in [6.45, 7) is 6.56. The van der Waals surface area contributed by atoms with Gasteiger partial charge in [0.05, 0.1) is 17.8 Å². The molecule has 0 saturated carbocycles. The van der Waals surface area contributed by atoms with E-state index in [1.807, 2.05) is 18.3 Å². The molecular weight excluding hydrogens is 504 g/mol. The molecule has 6 heteroatoms. The van der Waals surface area contributed by atoms with Crippen molar-refractivity contribution in [3.63, 3.8) is 0 Å². The van der Waals surface area contributed by atoms with Gasteiger partial charge in [-0.05, 0) is 98.2 Å². The summed E-state index contributed by atoms with van der Waals surface area (Å²) in [7, 11) is 0. The number of nitrogens with one attached hydrogen (secondary N) is 1. The van der Waals surface area contributed by atoms with Gasteiger partial charge in [0.15, 0.2) is 5.11 Å². The predicted molar refractivity (Wildman–Crippen MR) is 147 cm³/mol. The molecule has 0 radical (unpaired) electrons. The summed E-state index contributed by atoms with van der Waals surface area (Å²) in [5, 5.41) is 4.27. The van der Waals surface area contributed by atoms with Crippen LogP contribution in [-0.2, 0) is 6.42 Å². The molecule has 0 spiro atoms. The zero-order valence-corrected chi connectivity index (χ0v) is 21.9. The van der Waals surface area contributed by atoms with Crippen LogP contribution in [0.1, 0.15) is 47.2 Å². The molecule has 1 aliphatic heterocycles. The molecule has 0 unspecified atom stereocenters. The van der Waals surface area contributed by atoms with Crippen molar-refractivity contribution < 1.29 is 0 Å². The molecule has 2 atom stereocenters.